The highest BCUT2D eigenvalue weighted by Crippen LogP contribution is 2.11. The summed E-state index contributed by atoms with van der Waals surface area (Å²) in [4.78, 5) is 48.4. The maximum atomic E-state index is 12.4. The molecule has 0 bridgehead atoms. The molecule has 1 aromatic heterocycles. The first-order chi connectivity index (χ1) is 15.0. The van der Waals surface area contributed by atoms with E-state index in [1.807, 2.05) is 6.07 Å². The third kappa shape index (κ3) is 5.86. The smallest absolute Gasteiger partial charge is 0.338 e. The van der Waals surface area contributed by atoms with Crippen molar-refractivity contribution in [1.29, 1.82) is 0 Å². The van der Waals surface area contributed by atoms with Crippen molar-refractivity contribution >= 4 is 29.2 Å². The molecule has 1 heterocycles. The molecule has 2 aromatic carbocycles. The van der Waals surface area contributed by atoms with E-state index in [1.165, 1.54) is 24.3 Å². The minimum atomic E-state index is -0.524. The largest absolute Gasteiger partial charge is 0.462 e. The monoisotopic (exact) mass is 420 g/mol. The van der Waals surface area contributed by atoms with Crippen LogP contribution < -0.4 is 16.2 Å². The number of para-hydroxylation sites is 1. The normalized spacial score (nSPS) is 10.2. The lowest BCUT2D eigenvalue weighted by molar-refractivity contribution is -0.117. The minimum Gasteiger partial charge on any atom is -0.462 e. The average molecular weight is 420 g/mol. The van der Waals surface area contributed by atoms with Gasteiger partial charge < -0.3 is 15.4 Å². The first-order valence-corrected chi connectivity index (χ1v) is 9.48. The maximum Gasteiger partial charge on any atom is 0.338 e. The van der Waals surface area contributed by atoms with Gasteiger partial charge in [-0.1, -0.05) is 18.2 Å². The van der Waals surface area contributed by atoms with Crippen LogP contribution >= 0.6 is 0 Å². The van der Waals surface area contributed by atoms with Crippen molar-refractivity contribution in [2.75, 3.05) is 17.2 Å². The number of rotatable bonds is 7. The molecule has 3 aromatic rings. The fourth-order valence-electron chi connectivity index (χ4n) is 2.64. The second-order valence-corrected chi connectivity index (χ2v) is 6.38. The van der Waals surface area contributed by atoms with Crippen molar-refractivity contribution in [2.45, 2.75) is 13.5 Å². The molecule has 0 saturated carbocycles. The van der Waals surface area contributed by atoms with Gasteiger partial charge in [-0.15, -0.1) is 0 Å². The van der Waals surface area contributed by atoms with E-state index in [9.17, 15) is 19.2 Å². The number of hydrogen-bond acceptors (Lipinski definition) is 6. The van der Waals surface area contributed by atoms with E-state index in [0.29, 0.717) is 16.9 Å². The highest BCUT2D eigenvalue weighted by molar-refractivity contribution is 6.02. The van der Waals surface area contributed by atoms with Crippen LogP contribution in [0.25, 0.3) is 0 Å². The number of amides is 2. The van der Waals surface area contributed by atoms with Crippen molar-refractivity contribution in [2.24, 2.45) is 0 Å². The summed E-state index contributed by atoms with van der Waals surface area (Å²) in [6, 6.07) is 17.4. The molecule has 2 amide bonds. The molecule has 158 valence electrons. The number of nitrogens with one attached hydrogen (secondary N) is 2. The molecule has 2 N–H and O–H groups in total. The third-order valence-corrected chi connectivity index (χ3v) is 4.10. The predicted octanol–water partition coefficient (Wildman–Crippen LogP) is 2.31. The zero-order valence-electron chi connectivity index (χ0n) is 16.7. The number of anilines is 2. The summed E-state index contributed by atoms with van der Waals surface area (Å²) in [5.74, 6) is -1.48. The maximum absolute atomic E-state index is 12.4. The van der Waals surface area contributed by atoms with Gasteiger partial charge in [0.15, 0.2) is 0 Å². The van der Waals surface area contributed by atoms with Crippen LogP contribution in [0.2, 0.25) is 0 Å². The number of benzene rings is 2. The fraction of sp³-hybridized carbons (Fsp3) is 0.136. The fourth-order valence-corrected chi connectivity index (χ4v) is 2.64. The molecule has 0 saturated heterocycles. The molecular formula is C22H20N4O5. The van der Waals surface area contributed by atoms with Gasteiger partial charge in [0.1, 0.15) is 12.2 Å². The van der Waals surface area contributed by atoms with Crippen LogP contribution in [0.5, 0.6) is 0 Å². The highest BCUT2D eigenvalue weighted by Gasteiger charge is 2.13. The zero-order chi connectivity index (χ0) is 22.2. The van der Waals surface area contributed by atoms with E-state index >= 15 is 0 Å². The van der Waals surface area contributed by atoms with Gasteiger partial charge in [0.25, 0.3) is 11.5 Å². The first-order valence-electron chi connectivity index (χ1n) is 9.48. The molecule has 0 spiro atoms. The molecule has 0 unspecified atom stereocenters. The molecule has 0 atom stereocenters. The molecule has 0 aliphatic rings. The van der Waals surface area contributed by atoms with Gasteiger partial charge in [-0.25, -0.2) is 9.48 Å². The summed E-state index contributed by atoms with van der Waals surface area (Å²) in [7, 11) is 0. The molecule has 3 rings (SSSR count). The zero-order valence-corrected chi connectivity index (χ0v) is 16.7. The van der Waals surface area contributed by atoms with Crippen LogP contribution in [0, 0.1) is 0 Å². The molecule has 0 aliphatic heterocycles. The molecule has 0 fully saturated rings. The average Bonchev–Trinajstić information content (AvgIpc) is 2.76. The Bertz CT molecular complexity index is 1140. The SMILES string of the molecule is CCOC(=O)c1ccc(NC(=O)Cn2nc(C(=O)Nc3ccccc3)ccc2=O)cc1. The lowest BCUT2D eigenvalue weighted by Crippen LogP contribution is -2.31. The molecule has 9 nitrogen and oxygen atoms in total. The van der Waals surface area contributed by atoms with Crippen LogP contribution in [0.4, 0.5) is 11.4 Å². The number of hydrogen-bond donors (Lipinski definition) is 2. The lowest BCUT2D eigenvalue weighted by atomic mass is 10.2. The quantitative estimate of drug-likeness (QED) is 0.566. The van der Waals surface area contributed by atoms with Gasteiger partial charge in [0, 0.05) is 17.4 Å². The molecule has 0 radical (unpaired) electrons. The Morgan fingerprint density at radius 3 is 2.26 bits per heavy atom. The molecule has 0 aliphatic carbocycles. The lowest BCUT2D eigenvalue weighted by Gasteiger charge is -2.09. The van der Waals surface area contributed by atoms with Crippen molar-refractivity contribution in [1.82, 2.24) is 9.78 Å². The van der Waals surface area contributed by atoms with Gasteiger partial charge in [0.2, 0.25) is 5.91 Å². The van der Waals surface area contributed by atoms with Crippen LogP contribution in [0.3, 0.4) is 0 Å². The van der Waals surface area contributed by atoms with Gasteiger partial charge in [0.05, 0.1) is 12.2 Å². The Kier molecular flexibility index (Phi) is 6.89. The van der Waals surface area contributed by atoms with Gasteiger partial charge >= 0.3 is 5.97 Å². The summed E-state index contributed by atoms with van der Waals surface area (Å²) in [5, 5.41) is 9.26. The Labute approximate surface area is 177 Å². The van der Waals surface area contributed by atoms with Crippen molar-refractivity contribution in [3.63, 3.8) is 0 Å². The van der Waals surface area contributed by atoms with Crippen LogP contribution in [-0.2, 0) is 16.1 Å². The number of carbonyl (C=O) groups is 3. The Balaban J connectivity index is 1.65. The molecular weight excluding hydrogens is 400 g/mol. The van der Waals surface area contributed by atoms with E-state index < -0.39 is 23.3 Å². The van der Waals surface area contributed by atoms with Crippen molar-refractivity contribution < 1.29 is 19.1 Å². The first kappa shape index (κ1) is 21.4. The number of esters is 1. The summed E-state index contributed by atoms with van der Waals surface area (Å²) in [5.41, 5.74) is 0.842. The van der Waals surface area contributed by atoms with Gasteiger partial charge in [-0.2, -0.15) is 5.10 Å². The van der Waals surface area contributed by atoms with Crippen LogP contribution in [0.15, 0.2) is 71.5 Å². The van der Waals surface area contributed by atoms with Crippen LogP contribution in [-0.4, -0.2) is 34.2 Å². The second-order valence-electron chi connectivity index (χ2n) is 6.38. The summed E-state index contributed by atoms with van der Waals surface area (Å²) in [6.45, 7) is 1.59. The van der Waals surface area contributed by atoms with E-state index in [1.54, 1.807) is 43.3 Å². The highest BCUT2D eigenvalue weighted by atomic mass is 16.5. The Morgan fingerprint density at radius 1 is 0.903 bits per heavy atom. The molecule has 9 heteroatoms. The van der Waals surface area contributed by atoms with Gasteiger partial charge in [-0.3, -0.25) is 14.4 Å². The third-order valence-electron chi connectivity index (χ3n) is 4.10. The second kappa shape index (κ2) is 9.97. The molecule has 31 heavy (non-hydrogen) atoms. The number of aromatic nitrogens is 2. The van der Waals surface area contributed by atoms with Crippen molar-refractivity contribution in [3.8, 4) is 0 Å². The number of nitrogens with zero attached hydrogens (tertiary/aromatic N) is 2. The summed E-state index contributed by atoms with van der Waals surface area (Å²) < 4.78 is 5.81. The topological polar surface area (TPSA) is 119 Å². The minimum absolute atomic E-state index is 0.00459. The Morgan fingerprint density at radius 2 is 1.58 bits per heavy atom. The van der Waals surface area contributed by atoms with E-state index in [-0.39, 0.29) is 18.8 Å². The number of carbonyl (C=O) groups excluding carboxylic acids is 3. The summed E-state index contributed by atoms with van der Waals surface area (Å²) in [6.07, 6.45) is 0. The van der Waals surface area contributed by atoms with Crippen LogP contribution in [0.1, 0.15) is 27.8 Å². The Hall–Kier alpha value is -4.27. The predicted molar refractivity (Wildman–Crippen MR) is 114 cm³/mol. The summed E-state index contributed by atoms with van der Waals surface area (Å²) >= 11 is 0. The van der Waals surface area contributed by atoms with E-state index in [0.717, 1.165) is 4.68 Å². The van der Waals surface area contributed by atoms with Gasteiger partial charge in [-0.05, 0) is 49.4 Å². The standard InChI is InChI=1S/C22H20N4O5/c1-2-31-22(30)15-8-10-17(11-9-15)23-19(27)14-26-20(28)13-12-18(25-26)21(29)24-16-6-4-3-5-7-16/h3-13H,2,14H2,1H3,(H,23,27)(H,24,29). The number of ether oxygens (including phenoxy) is 1. The van der Waals surface area contributed by atoms with E-state index in [2.05, 4.69) is 15.7 Å². The van der Waals surface area contributed by atoms with E-state index in [4.69, 9.17) is 4.74 Å². The van der Waals surface area contributed by atoms with Crippen molar-refractivity contribution in [3.05, 3.63) is 88.3 Å².